The van der Waals surface area contributed by atoms with Gasteiger partial charge < -0.3 is 5.32 Å². The molecule has 1 heteroatoms. The van der Waals surface area contributed by atoms with Crippen molar-refractivity contribution in [2.75, 3.05) is 6.54 Å². The van der Waals surface area contributed by atoms with Gasteiger partial charge in [-0.05, 0) is 25.0 Å². The Morgan fingerprint density at radius 2 is 2.00 bits per heavy atom. The number of hydrogen-bond acceptors (Lipinski definition) is 1. The van der Waals surface area contributed by atoms with E-state index in [9.17, 15) is 0 Å². The standard InChI is InChI=1S/C9H17N/c1-2-10-8-9-6-4-3-5-7-9/h2,9-10H,1,3-8H2. The molecule has 1 fully saturated rings. The van der Waals surface area contributed by atoms with E-state index in [0.717, 1.165) is 12.5 Å². The monoisotopic (exact) mass is 139 g/mol. The van der Waals surface area contributed by atoms with E-state index in [4.69, 9.17) is 0 Å². The molecule has 0 amide bonds. The van der Waals surface area contributed by atoms with Gasteiger partial charge in [-0.15, -0.1) is 0 Å². The van der Waals surface area contributed by atoms with Gasteiger partial charge in [0.05, 0.1) is 0 Å². The van der Waals surface area contributed by atoms with Crippen molar-refractivity contribution >= 4 is 0 Å². The fraction of sp³-hybridized carbons (Fsp3) is 0.778. The van der Waals surface area contributed by atoms with Crippen molar-refractivity contribution in [1.82, 2.24) is 5.32 Å². The van der Waals surface area contributed by atoms with Crippen molar-refractivity contribution in [3.63, 3.8) is 0 Å². The highest BCUT2D eigenvalue weighted by molar-refractivity contribution is 4.71. The van der Waals surface area contributed by atoms with Gasteiger partial charge >= 0.3 is 0 Å². The topological polar surface area (TPSA) is 12.0 Å². The average Bonchev–Trinajstić information content (AvgIpc) is 2.03. The first kappa shape index (κ1) is 7.64. The van der Waals surface area contributed by atoms with E-state index in [-0.39, 0.29) is 0 Å². The Morgan fingerprint density at radius 3 is 2.60 bits per heavy atom. The molecule has 1 aliphatic carbocycles. The summed E-state index contributed by atoms with van der Waals surface area (Å²) in [5.74, 6) is 0.923. The second-order valence-corrected chi connectivity index (χ2v) is 3.12. The highest BCUT2D eigenvalue weighted by Crippen LogP contribution is 2.22. The molecular formula is C9H17N. The molecule has 58 valence electrons. The second-order valence-electron chi connectivity index (χ2n) is 3.12. The van der Waals surface area contributed by atoms with Crippen LogP contribution in [0.5, 0.6) is 0 Å². The van der Waals surface area contributed by atoms with Crippen molar-refractivity contribution in [3.05, 3.63) is 12.8 Å². The molecule has 0 aromatic rings. The first-order chi connectivity index (χ1) is 4.93. The van der Waals surface area contributed by atoms with E-state index in [0.29, 0.717) is 0 Å². The van der Waals surface area contributed by atoms with Crippen LogP contribution in [-0.4, -0.2) is 6.54 Å². The highest BCUT2D eigenvalue weighted by Gasteiger charge is 2.11. The minimum absolute atomic E-state index is 0.923. The maximum atomic E-state index is 3.63. The van der Waals surface area contributed by atoms with Crippen LogP contribution in [0.3, 0.4) is 0 Å². The average molecular weight is 139 g/mol. The summed E-state index contributed by atoms with van der Waals surface area (Å²) >= 11 is 0. The zero-order valence-corrected chi connectivity index (χ0v) is 6.60. The van der Waals surface area contributed by atoms with Crippen LogP contribution in [0.4, 0.5) is 0 Å². The molecule has 0 aromatic heterocycles. The quantitative estimate of drug-likeness (QED) is 0.632. The largest absolute Gasteiger partial charge is 0.391 e. The molecule has 0 spiro atoms. The van der Waals surface area contributed by atoms with Gasteiger partial charge in [-0.3, -0.25) is 0 Å². The first-order valence-electron chi connectivity index (χ1n) is 4.28. The zero-order valence-electron chi connectivity index (χ0n) is 6.60. The summed E-state index contributed by atoms with van der Waals surface area (Å²) in [4.78, 5) is 0. The van der Waals surface area contributed by atoms with Crippen LogP contribution >= 0.6 is 0 Å². The lowest BCUT2D eigenvalue weighted by atomic mass is 9.89. The number of hydrogen-bond donors (Lipinski definition) is 1. The third kappa shape index (κ3) is 2.42. The van der Waals surface area contributed by atoms with Gasteiger partial charge in [0, 0.05) is 6.54 Å². The second kappa shape index (κ2) is 4.37. The predicted octanol–water partition coefficient (Wildman–Crippen LogP) is 2.30. The predicted molar refractivity (Wildman–Crippen MR) is 44.8 cm³/mol. The fourth-order valence-corrected chi connectivity index (χ4v) is 1.64. The van der Waals surface area contributed by atoms with Crippen molar-refractivity contribution in [1.29, 1.82) is 0 Å². The Bertz CT molecular complexity index is 92.9. The summed E-state index contributed by atoms with van der Waals surface area (Å²) in [6.07, 6.45) is 8.95. The molecule has 1 N–H and O–H groups in total. The summed E-state index contributed by atoms with van der Waals surface area (Å²) in [5, 5.41) is 3.18. The molecule has 0 bridgehead atoms. The van der Waals surface area contributed by atoms with E-state index in [1.165, 1.54) is 32.1 Å². The molecule has 0 heterocycles. The van der Waals surface area contributed by atoms with Crippen molar-refractivity contribution in [3.8, 4) is 0 Å². The molecular weight excluding hydrogens is 122 g/mol. The van der Waals surface area contributed by atoms with Crippen molar-refractivity contribution in [2.45, 2.75) is 32.1 Å². The van der Waals surface area contributed by atoms with Crippen LogP contribution in [0.2, 0.25) is 0 Å². The smallest absolute Gasteiger partial charge is 0.0169 e. The molecule has 0 saturated heterocycles. The molecule has 0 atom stereocenters. The molecule has 0 radical (unpaired) electrons. The molecule has 0 aromatic carbocycles. The van der Waals surface area contributed by atoms with Crippen LogP contribution in [0.1, 0.15) is 32.1 Å². The van der Waals surface area contributed by atoms with Crippen molar-refractivity contribution in [2.24, 2.45) is 5.92 Å². The third-order valence-electron chi connectivity index (χ3n) is 2.28. The zero-order chi connectivity index (χ0) is 7.23. The third-order valence-corrected chi connectivity index (χ3v) is 2.28. The summed E-state index contributed by atoms with van der Waals surface area (Å²) in [6.45, 7) is 4.78. The van der Waals surface area contributed by atoms with Gasteiger partial charge in [0.25, 0.3) is 0 Å². The maximum absolute atomic E-state index is 3.63. The van der Waals surface area contributed by atoms with Gasteiger partial charge in [0.2, 0.25) is 0 Å². The Labute approximate surface area is 63.5 Å². The van der Waals surface area contributed by atoms with Gasteiger partial charge in [0.1, 0.15) is 0 Å². The minimum atomic E-state index is 0.923. The van der Waals surface area contributed by atoms with E-state index in [1.807, 2.05) is 0 Å². The molecule has 1 aliphatic rings. The summed E-state index contributed by atoms with van der Waals surface area (Å²) in [6, 6.07) is 0. The summed E-state index contributed by atoms with van der Waals surface area (Å²) in [7, 11) is 0. The Balaban J connectivity index is 2.07. The Kier molecular flexibility index (Phi) is 3.34. The molecule has 1 saturated carbocycles. The molecule has 1 rings (SSSR count). The molecule has 10 heavy (non-hydrogen) atoms. The van der Waals surface area contributed by atoms with Gasteiger partial charge in [0.15, 0.2) is 0 Å². The summed E-state index contributed by atoms with van der Waals surface area (Å²) in [5.41, 5.74) is 0. The lowest BCUT2D eigenvalue weighted by Gasteiger charge is -2.20. The normalized spacial score (nSPS) is 20.4. The van der Waals surface area contributed by atoms with Gasteiger partial charge in [-0.25, -0.2) is 0 Å². The van der Waals surface area contributed by atoms with Crippen LogP contribution in [0.15, 0.2) is 12.8 Å². The van der Waals surface area contributed by atoms with Gasteiger partial charge in [-0.2, -0.15) is 0 Å². The van der Waals surface area contributed by atoms with E-state index in [1.54, 1.807) is 6.20 Å². The van der Waals surface area contributed by atoms with Crippen LogP contribution in [0, 0.1) is 5.92 Å². The van der Waals surface area contributed by atoms with Crippen LogP contribution in [-0.2, 0) is 0 Å². The maximum Gasteiger partial charge on any atom is 0.0169 e. The molecule has 1 nitrogen and oxygen atoms in total. The van der Waals surface area contributed by atoms with E-state index in [2.05, 4.69) is 11.9 Å². The lowest BCUT2D eigenvalue weighted by Crippen LogP contribution is -2.19. The molecule has 0 unspecified atom stereocenters. The number of rotatable bonds is 3. The summed E-state index contributed by atoms with van der Waals surface area (Å²) < 4.78 is 0. The van der Waals surface area contributed by atoms with Gasteiger partial charge in [-0.1, -0.05) is 25.8 Å². The van der Waals surface area contributed by atoms with Crippen molar-refractivity contribution < 1.29 is 0 Å². The first-order valence-corrected chi connectivity index (χ1v) is 4.28. The fourth-order valence-electron chi connectivity index (χ4n) is 1.64. The Hall–Kier alpha value is -0.460. The Morgan fingerprint density at radius 1 is 1.30 bits per heavy atom. The van der Waals surface area contributed by atoms with Crippen LogP contribution in [0.25, 0.3) is 0 Å². The van der Waals surface area contributed by atoms with E-state index < -0.39 is 0 Å². The van der Waals surface area contributed by atoms with Crippen LogP contribution < -0.4 is 5.32 Å². The minimum Gasteiger partial charge on any atom is -0.391 e. The van der Waals surface area contributed by atoms with E-state index >= 15 is 0 Å². The number of nitrogens with one attached hydrogen (secondary N) is 1. The SMILES string of the molecule is C=CNCC1CCCCC1. The molecule has 0 aliphatic heterocycles. The highest BCUT2D eigenvalue weighted by atomic mass is 14.8. The lowest BCUT2D eigenvalue weighted by molar-refractivity contribution is 0.353.